The van der Waals surface area contributed by atoms with E-state index in [1.807, 2.05) is 54.6 Å². The summed E-state index contributed by atoms with van der Waals surface area (Å²) in [6.45, 7) is 6.34. The molecule has 1 aliphatic heterocycles. The molecular formula is C27H24FNO2S. The number of hydrogen-bond acceptors (Lipinski definition) is 3. The van der Waals surface area contributed by atoms with Gasteiger partial charge in [0.05, 0.1) is 16.2 Å². The van der Waals surface area contributed by atoms with Gasteiger partial charge in [0.25, 0.3) is 11.8 Å². The van der Waals surface area contributed by atoms with Crippen LogP contribution < -0.4 is 4.90 Å². The van der Waals surface area contributed by atoms with E-state index in [-0.39, 0.29) is 23.0 Å². The second-order valence-corrected chi connectivity index (χ2v) is 9.71. The van der Waals surface area contributed by atoms with Gasteiger partial charge in [-0.2, -0.15) is 0 Å². The van der Waals surface area contributed by atoms with Gasteiger partial charge in [-0.25, -0.2) is 9.29 Å². The molecule has 0 spiro atoms. The lowest BCUT2D eigenvalue weighted by Gasteiger charge is -2.21. The Labute approximate surface area is 192 Å². The van der Waals surface area contributed by atoms with Gasteiger partial charge in [-0.15, -0.1) is 11.8 Å². The normalized spacial score (nSPS) is 14.4. The van der Waals surface area contributed by atoms with E-state index in [1.54, 1.807) is 12.1 Å². The fourth-order valence-corrected chi connectivity index (χ4v) is 4.66. The van der Waals surface area contributed by atoms with Crippen LogP contribution in [-0.2, 0) is 20.8 Å². The number of hydrogen-bond donors (Lipinski definition) is 0. The molecule has 2 amide bonds. The highest BCUT2D eigenvalue weighted by Crippen LogP contribution is 2.40. The molecule has 0 saturated carbocycles. The molecule has 3 aromatic rings. The van der Waals surface area contributed by atoms with Crippen molar-refractivity contribution in [2.45, 2.75) is 31.9 Å². The Bertz CT molecular complexity index is 1180. The van der Waals surface area contributed by atoms with Crippen LogP contribution in [0.4, 0.5) is 10.1 Å². The second-order valence-electron chi connectivity index (χ2n) is 8.73. The van der Waals surface area contributed by atoms with Gasteiger partial charge in [0.1, 0.15) is 5.82 Å². The van der Waals surface area contributed by atoms with Crippen LogP contribution in [0.5, 0.6) is 0 Å². The Balaban J connectivity index is 1.71. The van der Waals surface area contributed by atoms with Crippen LogP contribution in [0.1, 0.15) is 37.5 Å². The van der Waals surface area contributed by atoms with E-state index in [1.165, 1.54) is 28.8 Å². The van der Waals surface area contributed by atoms with Gasteiger partial charge in [-0.3, -0.25) is 9.59 Å². The topological polar surface area (TPSA) is 37.4 Å². The summed E-state index contributed by atoms with van der Waals surface area (Å²) in [6.07, 6.45) is 0. The van der Waals surface area contributed by atoms with Crippen LogP contribution in [0, 0.1) is 5.82 Å². The minimum absolute atomic E-state index is 0.0359. The van der Waals surface area contributed by atoms with Gasteiger partial charge in [0, 0.05) is 5.75 Å². The molecule has 1 heterocycles. The van der Waals surface area contributed by atoms with Gasteiger partial charge < -0.3 is 0 Å². The molecule has 0 saturated heterocycles. The summed E-state index contributed by atoms with van der Waals surface area (Å²) in [7, 11) is 0. The fraction of sp³-hybridized carbons (Fsp3) is 0.185. The SMILES string of the molecule is CC(C)(C)c1ccc(N2C(=O)C(SCc3ccccc3)=C(c3ccc(F)cc3)C2=O)cc1. The van der Waals surface area contributed by atoms with Crippen molar-refractivity contribution < 1.29 is 14.0 Å². The van der Waals surface area contributed by atoms with Crippen molar-refractivity contribution in [2.24, 2.45) is 0 Å². The Morgan fingerprint density at radius 3 is 2.03 bits per heavy atom. The highest BCUT2D eigenvalue weighted by molar-refractivity contribution is 8.03. The van der Waals surface area contributed by atoms with Crippen molar-refractivity contribution >= 4 is 34.8 Å². The number of carbonyl (C=O) groups is 2. The number of anilines is 1. The molecule has 162 valence electrons. The molecule has 0 N–H and O–H groups in total. The van der Waals surface area contributed by atoms with Crippen molar-refractivity contribution in [3.8, 4) is 0 Å². The van der Waals surface area contributed by atoms with E-state index in [9.17, 15) is 14.0 Å². The largest absolute Gasteiger partial charge is 0.272 e. The van der Waals surface area contributed by atoms with Gasteiger partial charge in [0.15, 0.2) is 0 Å². The van der Waals surface area contributed by atoms with Gasteiger partial charge in [0.2, 0.25) is 0 Å². The van der Waals surface area contributed by atoms with Crippen molar-refractivity contribution in [1.82, 2.24) is 0 Å². The summed E-state index contributed by atoms with van der Waals surface area (Å²) in [5.41, 5.74) is 3.52. The van der Waals surface area contributed by atoms with E-state index in [2.05, 4.69) is 20.8 Å². The Kier molecular flexibility index (Phi) is 6.02. The summed E-state index contributed by atoms with van der Waals surface area (Å²) in [6, 6.07) is 23.0. The molecule has 0 unspecified atom stereocenters. The quantitative estimate of drug-likeness (QED) is 0.430. The lowest BCUT2D eigenvalue weighted by Crippen LogP contribution is -2.31. The first-order valence-electron chi connectivity index (χ1n) is 10.4. The maximum atomic E-state index is 13.5. The molecule has 0 atom stereocenters. The molecular weight excluding hydrogens is 421 g/mol. The first-order valence-corrected chi connectivity index (χ1v) is 11.4. The molecule has 32 heavy (non-hydrogen) atoms. The first kappa shape index (κ1) is 22.0. The monoisotopic (exact) mass is 445 g/mol. The number of carbonyl (C=O) groups excluding carboxylic acids is 2. The Morgan fingerprint density at radius 1 is 0.812 bits per heavy atom. The molecule has 1 aliphatic rings. The number of imide groups is 1. The third-order valence-electron chi connectivity index (χ3n) is 5.39. The molecule has 3 aromatic carbocycles. The number of thioether (sulfide) groups is 1. The van der Waals surface area contributed by atoms with Crippen LogP contribution in [0.3, 0.4) is 0 Å². The average molecular weight is 446 g/mol. The standard InChI is InChI=1S/C27H24FNO2S/c1-27(2,3)20-11-15-22(16-12-20)29-25(30)23(19-9-13-21(28)14-10-19)24(26(29)31)32-17-18-7-5-4-6-8-18/h4-16H,17H2,1-3H3. The molecule has 0 aromatic heterocycles. The first-order chi connectivity index (χ1) is 15.3. The molecule has 0 radical (unpaired) electrons. The van der Waals surface area contributed by atoms with Crippen molar-refractivity contribution in [1.29, 1.82) is 0 Å². The minimum atomic E-state index is -0.390. The number of rotatable bonds is 5. The highest BCUT2D eigenvalue weighted by Gasteiger charge is 2.40. The second kappa shape index (κ2) is 8.75. The lowest BCUT2D eigenvalue weighted by molar-refractivity contribution is -0.119. The van der Waals surface area contributed by atoms with Gasteiger partial charge in [-0.1, -0.05) is 75.4 Å². The van der Waals surface area contributed by atoms with E-state index in [0.717, 1.165) is 11.1 Å². The smallest absolute Gasteiger partial charge is 0.268 e. The summed E-state index contributed by atoms with van der Waals surface area (Å²) >= 11 is 1.34. The van der Waals surface area contributed by atoms with Crippen LogP contribution in [0.15, 0.2) is 83.8 Å². The molecule has 0 aliphatic carbocycles. The van der Waals surface area contributed by atoms with Gasteiger partial charge in [-0.05, 0) is 46.4 Å². The van der Waals surface area contributed by atoms with Crippen molar-refractivity contribution in [3.63, 3.8) is 0 Å². The summed E-state index contributed by atoms with van der Waals surface area (Å²) in [4.78, 5) is 28.5. The summed E-state index contributed by atoms with van der Waals surface area (Å²) < 4.78 is 13.5. The van der Waals surface area contributed by atoms with Crippen LogP contribution in [-0.4, -0.2) is 11.8 Å². The lowest BCUT2D eigenvalue weighted by atomic mass is 9.87. The summed E-state index contributed by atoms with van der Waals surface area (Å²) in [5, 5.41) is 0. The third kappa shape index (κ3) is 4.39. The zero-order chi connectivity index (χ0) is 22.9. The molecule has 0 fully saturated rings. The van der Waals surface area contributed by atoms with Crippen molar-refractivity contribution in [3.05, 3.63) is 106 Å². The third-order valence-corrected chi connectivity index (χ3v) is 6.54. The maximum absolute atomic E-state index is 13.5. The number of nitrogens with zero attached hydrogens (tertiary/aromatic N) is 1. The highest BCUT2D eigenvalue weighted by atomic mass is 32.2. The van der Waals surface area contributed by atoms with E-state index < -0.39 is 0 Å². The molecule has 5 heteroatoms. The zero-order valence-electron chi connectivity index (χ0n) is 18.3. The molecule has 3 nitrogen and oxygen atoms in total. The number of amides is 2. The van der Waals surface area contributed by atoms with E-state index in [0.29, 0.717) is 27.5 Å². The van der Waals surface area contributed by atoms with Crippen molar-refractivity contribution in [2.75, 3.05) is 4.90 Å². The van der Waals surface area contributed by atoms with E-state index in [4.69, 9.17) is 0 Å². The van der Waals surface area contributed by atoms with Crippen LogP contribution >= 0.6 is 11.8 Å². The predicted octanol–water partition coefficient (Wildman–Crippen LogP) is 6.34. The van der Waals surface area contributed by atoms with Crippen LogP contribution in [0.25, 0.3) is 5.57 Å². The summed E-state index contributed by atoms with van der Waals surface area (Å²) in [5.74, 6) is -0.574. The molecule has 0 bridgehead atoms. The van der Waals surface area contributed by atoms with Gasteiger partial charge >= 0.3 is 0 Å². The maximum Gasteiger partial charge on any atom is 0.272 e. The Hall–Kier alpha value is -3.18. The minimum Gasteiger partial charge on any atom is -0.268 e. The zero-order valence-corrected chi connectivity index (χ0v) is 19.1. The fourth-order valence-electron chi connectivity index (χ4n) is 3.59. The average Bonchev–Trinajstić information content (AvgIpc) is 3.02. The Morgan fingerprint density at radius 2 is 1.44 bits per heavy atom. The molecule has 4 rings (SSSR count). The number of halogens is 1. The predicted molar refractivity (Wildman–Crippen MR) is 129 cm³/mol. The van der Waals surface area contributed by atoms with Crippen LogP contribution in [0.2, 0.25) is 0 Å². The van der Waals surface area contributed by atoms with E-state index >= 15 is 0 Å². The number of benzene rings is 3.